The van der Waals surface area contributed by atoms with Gasteiger partial charge in [-0.2, -0.15) is 4.31 Å². The highest BCUT2D eigenvalue weighted by Crippen LogP contribution is 2.61. The minimum absolute atomic E-state index is 0.00502. The number of nitrogen functional groups attached to an aromatic ring is 1. The predicted molar refractivity (Wildman–Crippen MR) is 189 cm³/mol. The van der Waals surface area contributed by atoms with Gasteiger partial charge in [0.05, 0.1) is 26.0 Å². The maximum Gasteiger partial charge on any atom is 0.481 e. The zero-order chi connectivity index (χ0) is 42.9. The molecular weight excluding hydrogens is 855 g/mol. The van der Waals surface area contributed by atoms with E-state index in [0.29, 0.717) is 11.8 Å². The van der Waals surface area contributed by atoms with Crippen LogP contribution in [0.5, 0.6) is 0 Å². The quantitative estimate of drug-likeness (QED) is 0.0331. The number of hydrogen-bond acceptors (Lipinski definition) is 20. The summed E-state index contributed by atoms with van der Waals surface area (Å²) in [6.07, 6.45) is -8.17. The van der Waals surface area contributed by atoms with Crippen molar-refractivity contribution in [2.24, 2.45) is 5.41 Å². The Hall–Kier alpha value is -3.30. The number of Topliss-reactive ketones (excluding diaryl/α,β-unsaturated/α-hetero) is 1. The van der Waals surface area contributed by atoms with Gasteiger partial charge in [0, 0.05) is 37.1 Å². The van der Waals surface area contributed by atoms with E-state index in [2.05, 4.69) is 34.4 Å². The number of thioether (sulfide) groups is 1. The summed E-state index contributed by atoms with van der Waals surface area (Å²) in [6, 6.07) is 0. The molecule has 2 aromatic heterocycles. The number of anilines is 1. The van der Waals surface area contributed by atoms with Gasteiger partial charge in [0.2, 0.25) is 17.6 Å². The maximum atomic E-state index is 12.7. The van der Waals surface area contributed by atoms with Gasteiger partial charge in [-0.25, -0.2) is 28.6 Å². The topological polar surface area (TPSA) is 418 Å². The molecule has 0 bridgehead atoms. The number of aromatic nitrogens is 4. The molecule has 3 heterocycles. The van der Waals surface area contributed by atoms with E-state index in [-0.39, 0.29) is 42.2 Å². The predicted octanol–water partition coefficient (Wildman–Crippen LogP) is -1.90. The number of rotatable bonds is 23. The van der Waals surface area contributed by atoms with Crippen molar-refractivity contribution in [1.82, 2.24) is 30.2 Å². The number of aliphatic hydroxyl groups excluding tert-OH is 2. The molecule has 3 rings (SSSR count). The van der Waals surface area contributed by atoms with Gasteiger partial charge in [0.15, 0.2) is 17.7 Å². The van der Waals surface area contributed by atoms with Gasteiger partial charge >= 0.3 is 29.4 Å². The molecule has 27 nitrogen and oxygen atoms in total. The first kappa shape index (κ1) is 48.1. The van der Waals surface area contributed by atoms with Crippen molar-refractivity contribution in [2.75, 3.05) is 37.8 Å². The number of imidazole rings is 1. The SMILES string of the molecule is CC(C)(COP(=O)(O)OP(=O)(O)OC[C@@H]1O[C@H](n2cnc3c(N)ncnc32)[C@@H](O)[C@H]1OP(=O)(O)O)C(O)C(=O)NCCC(=O)NCCSC(=O)C(=O)CCC(=O)O. The second-order valence-electron chi connectivity index (χ2n) is 12.5. The normalized spacial score (nSPS) is 21.3. The molecule has 1 aliphatic rings. The van der Waals surface area contributed by atoms with Gasteiger partial charge < -0.3 is 56.0 Å². The van der Waals surface area contributed by atoms with Crippen LogP contribution in [0, 0.1) is 5.41 Å². The van der Waals surface area contributed by atoms with Gasteiger partial charge in [-0.3, -0.25) is 42.1 Å². The van der Waals surface area contributed by atoms with Gasteiger partial charge in [0.1, 0.15) is 36.3 Å². The first-order chi connectivity index (χ1) is 26.3. The second-order valence-corrected chi connectivity index (χ2v) is 17.8. The van der Waals surface area contributed by atoms with Crippen molar-refractivity contribution in [3.8, 4) is 0 Å². The van der Waals surface area contributed by atoms with Crippen LogP contribution in [0.1, 0.15) is 39.3 Å². The zero-order valence-electron chi connectivity index (χ0n) is 29.8. The molecule has 1 saturated heterocycles. The van der Waals surface area contributed by atoms with Crippen LogP contribution in [0.3, 0.4) is 0 Å². The smallest absolute Gasteiger partial charge is 0.481 e. The fourth-order valence-corrected chi connectivity index (χ4v) is 8.16. The largest absolute Gasteiger partial charge is 0.481 e. The summed E-state index contributed by atoms with van der Waals surface area (Å²) >= 11 is 0.588. The first-order valence-corrected chi connectivity index (χ1v) is 21.6. The van der Waals surface area contributed by atoms with E-state index in [1.165, 1.54) is 13.8 Å². The number of phosphoric ester groups is 3. The molecule has 3 unspecified atom stereocenters. The van der Waals surface area contributed by atoms with Crippen molar-refractivity contribution in [1.29, 1.82) is 0 Å². The number of phosphoric acid groups is 3. The van der Waals surface area contributed by atoms with Crippen molar-refractivity contribution in [3.63, 3.8) is 0 Å². The number of carbonyl (C=O) groups excluding carboxylic acids is 4. The van der Waals surface area contributed by atoms with E-state index in [0.717, 1.165) is 17.2 Å². The molecule has 2 amide bonds. The number of ether oxygens (including phenoxy) is 1. The summed E-state index contributed by atoms with van der Waals surface area (Å²) in [5, 5.41) is 33.8. The molecule has 320 valence electrons. The minimum atomic E-state index is -5.60. The molecule has 11 N–H and O–H groups in total. The molecule has 0 radical (unpaired) electrons. The number of aliphatic carboxylic acids is 1. The Kier molecular flexibility index (Phi) is 17.0. The summed E-state index contributed by atoms with van der Waals surface area (Å²) in [5.41, 5.74) is 4.16. The van der Waals surface area contributed by atoms with Crippen molar-refractivity contribution >= 4 is 80.9 Å². The van der Waals surface area contributed by atoms with Crippen LogP contribution in [0.2, 0.25) is 0 Å². The molecule has 1 fully saturated rings. The Morgan fingerprint density at radius 3 is 2.32 bits per heavy atom. The highest BCUT2D eigenvalue weighted by atomic mass is 32.2. The molecule has 0 spiro atoms. The molecule has 2 aromatic rings. The van der Waals surface area contributed by atoms with E-state index < -0.39 is 114 Å². The number of amides is 2. The van der Waals surface area contributed by atoms with Crippen molar-refractivity contribution in [3.05, 3.63) is 12.7 Å². The number of nitrogens with zero attached hydrogens (tertiary/aromatic N) is 4. The standard InChI is InChI=1S/C26H40N7O20P3S/c1-26(2,20(39)23(40)29-6-5-15(35)28-7-8-57-25(41)13(34)3-4-16(36)37)10-50-56(47,48)53-55(45,46)49-9-14-19(52-54(42,43)44)18(38)24(51-14)33-12-32-17-21(27)30-11-31-22(17)33/h11-12,14,18-20,24,38-39H,3-10H2,1-2H3,(H,28,35)(H,29,40)(H,36,37)(H,45,46)(H,47,48)(H2,27,30,31)(H2,42,43,44)/t14-,18-,19-,20?,24-/m0/s1. The van der Waals surface area contributed by atoms with E-state index >= 15 is 0 Å². The molecule has 0 aromatic carbocycles. The minimum Gasteiger partial charge on any atom is -0.481 e. The fraction of sp³-hybridized carbons (Fsp3) is 0.615. The number of nitrogens with two attached hydrogens (primary N) is 1. The molecule has 1 aliphatic heterocycles. The van der Waals surface area contributed by atoms with Crippen LogP contribution in [-0.2, 0) is 60.3 Å². The molecule has 7 atom stereocenters. The molecule has 0 saturated carbocycles. The Balaban J connectivity index is 1.47. The van der Waals surface area contributed by atoms with Crippen LogP contribution < -0.4 is 16.4 Å². The Labute approximate surface area is 325 Å². The summed E-state index contributed by atoms with van der Waals surface area (Å²) in [6.45, 7) is -0.0281. The number of carboxylic acid groups (broad SMARTS) is 1. The average molecular weight is 896 g/mol. The van der Waals surface area contributed by atoms with Gasteiger partial charge in [-0.1, -0.05) is 25.6 Å². The van der Waals surface area contributed by atoms with E-state index in [4.69, 9.17) is 24.6 Å². The first-order valence-electron chi connectivity index (χ1n) is 16.1. The third-order valence-electron chi connectivity index (χ3n) is 7.53. The third kappa shape index (κ3) is 14.8. The van der Waals surface area contributed by atoms with Gasteiger partial charge in [-0.05, 0) is 0 Å². The molecule has 57 heavy (non-hydrogen) atoms. The molecular formula is C26H40N7O20P3S. The van der Waals surface area contributed by atoms with Crippen molar-refractivity contribution in [2.45, 2.75) is 63.8 Å². The number of carboxylic acids is 1. The lowest BCUT2D eigenvalue weighted by molar-refractivity contribution is -0.139. The average Bonchev–Trinajstić information content (AvgIpc) is 3.66. The van der Waals surface area contributed by atoms with E-state index in [9.17, 15) is 67.5 Å². The number of ketones is 1. The van der Waals surface area contributed by atoms with Crippen LogP contribution in [0.25, 0.3) is 11.2 Å². The summed E-state index contributed by atoms with van der Waals surface area (Å²) in [4.78, 5) is 109. The fourth-order valence-electron chi connectivity index (χ4n) is 4.68. The van der Waals surface area contributed by atoms with Crippen LogP contribution in [0.4, 0.5) is 5.82 Å². The number of carbonyl (C=O) groups is 5. The molecule has 0 aliphatic carbocycles. The summed E-state index contributed by atoms with van der Waals surface area (Å²) in [7, 11) is -16.5. The monoisotopic (exact) mass is 895 g/mol. The lowest BCUT2D eigenvalue weighted by atomic mass is 9.87. The number of nitrogens with one attached hydrogen (secondary N) is 2. The Morgan fingerprint density at radius 2 is 1.67 bits per heavy atom. The number of aliphatic hydroxyl groups is 2. The third-order valence-corrected chi connectivity index (χ3v) is 11.5. The summed E-state index contributed by atoms with van der Waals surface area (Å²) < 4.78 is 61.9. The van der Waals surface area contributed by atoms with Gasteiger partial charge in [0.25, 0.3) is 5.12 Å². The van der Waals surface area contributed by atoms with Crippen LogP contribution >= 0.6 is 35.2 Å². The maximum absolute atomic E-state index is 12.7. The molecule has 31 heteroatoms. The highest BCUT2D eigenvalue weighted by molar-refractivity contribution is 8.15. The van der Waals surface area contributed by atoms with E-state index in [1.807, 2.05) is 0 Å². The Bertz CT molecular complexity index is 1950. The van der Waals surface area contributed by atoms with Crippen LogP contribution in [-0.4, -0.2) is 140 Å². The number of hydrogen-bond donors (Lipinski definition) is 10. The van der Waals surface area contributed by atoms with Gasteiger partial charge in [-0.15, -0.1) is 0 Å². The number of fused-ring (bicyclic) bond motifs is 1. The van der Waals surface area contributed by atoms with E-state index in [1.54, 1.807) is 0 Å². The lowest BCUT2D eigenvalue weighted by Crippen LogP contribution is -2.46. The Morgan fingerprint density at radius 1 is 1.00 bits per heavy atom. The summed E-state index contributed by atoms with van der Waals surface area (Å²) in [5.74, 6) is -3.79. The van der Waals surface area contributed by atoms with Crippen LogP contribution in [0.15, 0.2) is 12.7 Å². The lowest BCUT2D eigenvalue weighted by Gasteiger charge is -2.30. The zero-order valence-corrected chi connectivity index (χ0v) is 33.3. The highest BCUT2D eigenvalue weighted by Gasteiger charge is 2.50. The second kappa shape index (κ2) is 20.1. The van der Waals surface area contributed by atoms with Crippen molar-refractivity contribution < 1.29 is 95.2 Å².